The molecule has 0 bridgehead atoms. The first-order valence-electron chi connectivity index (χ1n) is 5.65. The SMILES string of the molecule is C#CC(C=O)Cc1cnccc1CC.CC. The van der Waals surface area contributed by atoms with Crippen molar-refractivity contribution in [2.24, 2.45) is 5.92 Å². The molecule has 0 fully saturated rings. The molecular weight excluding hydrogens is 198 g/mol. The standard InChI is InChI=1S/C12H13NO.C2H6/c1-3-10(9-14)7-12-8-13-6-5-11(12)4-2;1-2/h1,5-6,8-10H,4,7H2,2H3;1-2H3. The minimum Gasteiger partial charge on any atom is -0.302 e. The van der Waals surface area contributed by atoms with E-state index < -0.39 is 0 Å². The van der Waals surface area contributed by atoms with Crippen molar-refractivity contribution in [3.05, 3.63) is 29.6 Å². The lowest BCUT2D eigenvalue weighted by atomic mass is 9.98. The third-order valence-electron chi connectivity index (χ3n) is 2.20. The smallest absolute Gasteiger partial charge is 0.135 e. The number of terminal acetylenes is 1. The van der Waals surface area contributed by atoms with Crippen molar-refractivity contribution >= 4 is 6.29 Å². The van der Waals surface area contributed by atoms with Crippen molar-refractivity contribution in [1.29, 1.82) is 0 Å². The maximum atomic E-state index is 10.6. The number of nitrogens with zero attached hydrogens (tertiary/aromatic N) is 1. The summed E-state index contributed by atoms with van der Waals surface area (Å²) in [5, 5.41) is 0. The molecule has 0 aliphatic heterocycles. The molecule has 2 heteroatoms. The number of rotatable bonds is 4. The van der Waals surface area contributed by atoms with Crippen LogP contribution in [0.4, 0.5) is 0 Å². The lowest BCUT2D eigenvalue weighted by Crippen LogP contribution is -2.05. The van der Waals surface area contributed by atoms with Crippen LogP contribution in [0.5, 0.6) is 0 Å². The Balaban J connectivity index is 0.00000106. The highest BCUT2D eigenvalue weighted by Crippen LogP contribution is 2.12. The quantitative estimate of drug-likeness (QED) is 0.573. The summed E-state index contributed by atoms with van der Waals surface area (Å²) >= 11 is 0. The van der Waals surface area contributed by atoms with Crippen LogP contribution in [-0.2, 0) is 17.6 Å². The lowest BCUT2D eigenvalue weighted by molar-refractivity contribution is -0.109. The van der Waals surface area contributed by atoms with Crippen molar-refractivity contribution in [1.82, 2.24) is 4.98 Å². The minimum absolute atomic E-state index is 0.329. The second-order valence-electron chi connectivity index (χ2n) is 3.11. The van der Waals surface area contributed by atoms with Gasteiger partial charge < -0.3 is 4.79 Å². The molecule has 2 nitrogen and oxygen atoms in total. The molecule has 0 spiro atoms. The molecule has 86 valence electrons. The van der Waals surface area contributed by atoms with E-state index >= 15 is 0 Å². The fourth-order valence-corrected chi connectivity index (χ4v) is 1.37. The average Bonchev–Trinajstić information content (AvgIpc) is 2.38. The zero-order valence-electron chi connectivity index (χ0n) is 10.2. The monoisotopic (exact) mass is 217 g/mol. The summed E-state index contributed by atoms with van der Waals surface area (Å²) in [7, 11) is 0. The summed E-state index contributed by atoms with van der Waals surface area (Å²) in [4.78, 5) is 14.6. The number of aldehydes is 1. The first kappa shape index (κ1) is 14.4. The molecule has 0 saturated heterocycles. The second kappa shape index (κ2) is 8.67. The Hall–Kier alpha value is -1.62. The van der Waals surface area contributed by atoms with E-state index in [4.69, 9.17) is 6.42 Å². The van der Waals surface area contributed by atoms with E-state index in [-0.39, 0.29) is 5.92 Å². The first-order valence-corrected chi connectivity index (χ1v) is 5.65. The van der Waals surface area contributed by atoms with Gasteiger partial charge in [-0.25, -0.2) is 0 Å². The van der Waals surface area contributed by atoms with E-state index in [2.05, 4.69) is 17.8 Å². The Morgan fingerprint density at radius 3 is 2.69 bits per heavy atom. The predicted octanol–water partition coefficient (Wildman–Crippen LogP) is 2.66. The van der Waals surface area contributed by atoms with Crippen LogP contribution < -0.4 is 0 Å². The summed E-state index contributed by atoms with van der Waals surface area (Å²) in [5.41, 5.74) is 2.28. The highest BCUT2D eigenvalue weighted by atomic mass is 16.1. The number of hydrogen-bond donors (Lipinski definition) is 0. The Kier molecular flexibility index (Phi) is 7.79. The van der Waals surface area contributed by atoms with Crippen LogP contribution in [-0.4, -0.2) is 11.3 Å². The van der Waals surface area contributed by atoms with Gasteiger partial charge in [-0.3, -0.25) is 4.98 Å². The van der Waals surface area contributed by atoms with Gasteiger partial charge in [0.25, 0.3) is 0 Å². The van der Waals surface area contributed by atoms with Crippen molar-refractivity contribution in [3.63, 3.8) is 0 Å². The summed E-state index contributed by atoms with van der Waals surface area (Å²) < 4.78 is 0. The van der Waals surface area contributed by atoms with E-state index in [1.54, 1.807) is 12.4 Å². The van der Waals surface area contributed by atoms with E-state index in [1.807, 2.05) is 19.9 Å². The second-order valence-corrected chi connectivity index (χ2v) is 3.11. The van der Waals surface area contributed by atoms with Crippen LogP contribution in [0.15, 0.2) is 18.5 Å². The molecule has 1 rings (SSSR count). The Morgan fingerprint density at radius 1 is 1.50 bits per heavy atom. The van der Waals surface area contributed by atoms with Crippen LogP contribution in [0.25, 0.3) is 0 Å². The van der Waals surface area contributed by atoms with Gasteiger partial charge in [0.05, 0.1) is 5.92 Å². The molecule has 0 N–H and O–H groups in total. The Morgan fingerprint density at radius 2 is 2.19 bits per heavy atom. The largest absolute Gasteiger partial charge is 0.302 e. The molecule has 0 aromatic carbocycles. The average molecular weight is 217 g/mol. The van der Waals surface area contributed by atoms with Crippen molar-refractivity contribution in [2.75, 3.05) is 0 Å². The summed E-state index contributed by atoms with van der Waals surface area (Å²) in [6, 6.07) is 1.97. The number of aromatic nitrogens is 1. The van der Waals surface area contributed by atoms with Crippen LogP contribution in [0, 0.1) is 18.3 Å². The van der Waals surface area contributed by atoms with Crippen LogP contribution in [0.1, 0.15) is 31.9 Å². The molecule has 0 aliphatic rings. The number of pyridine rings is 1. The number of hydrogen-bond acceptors (Lipinski definition) is 2. The van der Waals surface area contributed by atoms with Crippen molar-refractivity contribution in [3.8, 4) is 12.3 Å². The normalized spacial score (nSPS) is 10.6. The zero-order chi connectivity index (χ0) is 12.4. The topological polar surface area (TPSA) is 30.0 Å². The van der Waals surface area contributed by atoms with E-state index in [9.17, 15) is 4.79 Å². The predicted molar refractivity (Wildman–Crippen MR) is 67.1 cm³/mol. The third kappa shape index (κ3) is 4.27. The van der Waals surface area contributed by atoms with E-state index in [0.717, 1.165) is 18.3 Å². The molecule has 0 radical (unpaired) electrons. The third-order valence-corrected chi connectivity index (χ3v) is 2.20. The molecule has 0 amide bonds. The van der Waals surface area contributed by atoms with Gasteiger partial charge in [0.15, 0.2) is 0 Å². The highest BCUT2D eigenvalue weighted by molar-refractivity contribution is 5.59. The molecule has 1 unspecified atom stereocenters. The van der Waals surface area contributed by atoms with Gasteiger partial charge in [-0.15, -0.1) is 6.42 Å². The maximum Gasteiger partial charge on any atom is 0.135 e. The maximum absolute atomic E-state index is 10.6. The minimum atomic E-state index is -0.329. The fraction of sp³-hybridized carbons (Fsp3) is 0.429. The molecule has 1 heterocycles. The highest BCUT2D eigenvalue weighted by Gasteiger charge is 2.07. The molecular formula is C14H19NO. The van der Waals surface area contributed by atoms with Gasteiger partial charge in [-0.1, -0.05) is 26.7 Å². The summed E-state index contributed by atoms with van der Waals surface area (Å²) in [6.07, 6.45) is 11.1. The van der Waals surface area contributed by atoms with E-state index in [0.29, 0.717) is 6.42 Å². The zero-order valence-corrected chi connectivity index (χ0v) is 10.2. The lowest BCUT2D eigenvalue weighted by Gasteiger charge is -2.07. The van der Waals surface area contributed by atoms with Crippen LogP contribution >= 0.6 is 0 Å². The molecule has 1 aromatic rings. The molecule has 0 saturated carbocycles. The molecule has 0 aliphatic carbocycles. The number of carbonyl (C=O) groups excluding carboxylic acids is 1. The molecule has 1 aromatic heterocycles. The number of aryl methyl sites for hydroxylation is 1. The summed E-state index contributed by atoms with van der Waals surface area (Å²) in [6.45, 7) is 6.07. The van der Waals surface area contributed by atoms with Crippen molar-refractivity contribution in [2.45, 2.75) is 33.6 Å². The summed E-state index contributed by atoms with van der Waals surface area (Å²) in [5.74, 6) is 2.13. The van der Waals surface area contributed by atoms with E-state index in [1.165, 1.54) is 5.56 Å². The van der Waals surface area contributed by atoms with Gasteiger partial charge in [0.1, 0.15) is 6.29 Å². The molecule has 1 atom stereocenters. The fourth-order valence-electron chi connectivity index (χ4n) is 1.37. The van der Waals surface area contributed by atoms with Crippen LogP contribution in [0.3, 0.4) is 0 Å². The van der Waals surface area contributed by atoms with Crippen molar-refractivity contribution < 1.29 is 4.79 Å². The van der Waals surface area contributed by atoms with Crippen LogP contribution in [0.2, 0.25) is 0 Å². The van der Waals surface area contributed by atoms with Gasteiger partial charge in [0.2, 0.25) is 0 Å². The first-order chi connectivity index (χ1) is 7.81. The number of carbonyl (C=O) groups is 1. The van der Waals surface area contributed by atoms with Gasteiger partial charge in [-0.05, 0) is 30.0 Å². The molecule has 16 heavy (non-hydrogen) atoms. The van der Waals surface area contributed by atoms with Gasteiger partial charge in [0, 0.05) is 12.4 Å². The van der Waals surface area contributed by atoms with Gasteiger partial charge >= 0.3 is 0 Å². The Labute approximate surface area is 98.1 Å². The Bertz CT molecular complexity index is 352. The van der Waals surface area contributed by atoms with Gasteiger partial charge in [-0.2, -0.15) is 0 Å².